The molecular weight excluding hydrogens is 264 g/mol. The molecule has 0 bridgehead atoms. The largest absolute Gasteiger partial charge is 0.451 e. The molecule has 20 heavy (non-hydrogen) atoms. The van der Waals surface area contributed by atoms with Crippen LogP contribution in [0.1, 0.15) is 20.8 Å². The Bertz CT molecular complexity index is 249. The average molecular weight is 292 g/mol. The summed E-state index contributed by atoms with van der Waals surface area (Å²) in [6, 6.07) is 0. The number of rotatable bonds is 10. The molecule has 3 N–H and O–H groups in total. The first-order chi connectivity index (χ1) is 9.49. The molecule has 0 aliphatic carbocycles. The van der Waals surface area contributed by atoms with Crippen LogP contribution in [-0.2, 0) is 9.47 Å². The third kappa shape index (κ3) is 11.0. The Hall–Kier alpha value is -0.890. The first-order valence-electron chi connectivity index (χ1n) is 6.99. The van der Waals surface area contributed by atoms with Crippen molar-refractivity contribution in [3.05, 3.63) is 0 Å². The van der Waals surface area contributed by atoms with Gasteiger partial charge in [0.25, 0.3) is 0 Å². The lowest BCUT2D eigenvalue weighted by Gasteiger charge is -2.24. The number of hydrogen-bond donors (Lipinski definition) is 3. The van der Waals surface area contributed by atoms with Gasteiger partial charge >= 0.3 is 6.08 Å². The maximum Gasteiger partial charge on any atom is 0.383 e. The summed E-state index contributed by atoms with van der Waals surface area (Å²) in [5.74, 6) is 0. The van der Waals surface area contributed by atoms with E-state index in [4.69, 9.17) is 14.6 Å². The van der Waals surface area contributed by atoms with Crippen molar-refractivity contribution in [1.82, 2.24) is 4.90 Å². The maximum atomic E-state index is 9.41. The molecule has 0 saturated heterocycles. The molecule has 0 saturated carbocycles. The minimum absolute atomic E-state index is 0.0950. The van der Waals surface area contributed by atoms with Crippen molar-refractivity contribution < 1.29 is 24.8 Å². The molecule has 0 fully saturated rings. The molecule has 0 radical (unpaired) electrons. The molecule has 7 nitrogen and oxygen atoms in total. The van der Waals surface area contributed by atoms with E-state index in [0.717, 1.165) is 0 Å². The van der Waals surface area contributed by atoms with E-state index in [1.807, 2.05) is 11.8 Å². The molecule has 120 valence electrons. The Labute approximate surface area is 120 Å². The lowest BCUT2D eigenvalue weighted by atomic mass is 10.3. The molecule has 0 aliphatic rings. The highest BCUT2D eigenvalue weighted by Crippen LogP contribution is 1.97. The first kappa shape index (κ1) is 19.1. The van der Waals surface area contributed by atoms with Crippen molar-refractivity contribution in [3.8, 4) is 0 Å². The average Bonchev–Trinajstić information content (AvgIpc) is 2.34. The van der Waals surface area contributed by atoms with Gasteiger partial charge in [0.15, 0.2) is 0 Å². The lowest BCUT2D eigenvalue weighted by Crippen LogP contribution is -2.38. The van der Waals surface area contributed by atoms with Crippen molar-refractivity contribution >= 4 is 6.08 Å². The molecule has 2 atom stereocenters. The fourth-order valence-electron chi connectivity index (χ4n) is 1.68. The van der Waals surface area contributed by atoms with E-state index in [1.165, 1.54) is 0 Å². The van der Waals surface area contributed by atoms with Gasteiger partial charge in [0.2, 0.25) is 0 Å². The number of aliphatic imine (C=N–C) groups is 1. The summed E-state index contributed by atoms with van der Waals surface area (Å²) in [5, 5.41) is 27.5. The highest BCUT2D eigenvalue weighted by molar-refractivity contribution is 5.66. The second-order valence-electron chi connectivity index (χ2n) is 4.61. The summed E-state index contributed by atoms with van der Waals surface area (Å²) in [6.45, 7) is 7.67. The standard InChI is InChI=1S/C13H28N2O5/c1-4-19-13(20-8-7-16)14-5-6-15(9-11(2)17)10-12(3)18/h11-12,16-18H,4-10H2,1-3H3. The molecule has 2 unspecified atom stereocenters. The van der Waals surface area contributed by atoms with E-state index >= 15 is 0 Å². The van der Waals surface area contributed by atoms with E-state index in [0.29, 0.717) is 32.8 Å². The Balaban J connectivity index is 4.26. The summed E-state index contributed by atoms with van der Waals surface area (Å²) >= 11 is 0. The van der Waals surface area contributed by atoms with E-state index in [-0.39, 0.29) is 19.3 Å². The van der Waals surface area contributed by atoms with Crippen LogP contribution in [0, 0.1) is 0 Å². The number of nitrogens with zero attached hydrogens (tertiary/aromatic N) is 2. The maximum absolute atomic E-state index is 9.41. The normalized spacial score (nSPS) is 15.2. The zero-order valence-corrected chi connectivity index (χ0v) is 12.7. The molecule has 0 aromatic carbocycles. The zero-order valence-electron chi connectivity index (χ0n) is 12.7. The highest BCUT2D eigenvalue weighted by atomic mass is 16.7. The van der Waals surface area contributed by atoms with Gasteiger partial charge in [0.1, 0.15) is 6.61 Å². The van der Waals surface area contributed by atoms with Gasteiger partial charge in [0, 0.05) is 19.6 Å². The van der Waals surface area contributed by atoms with Crippen LogP contribution in [0.25, 0.3) is 0 Å². The van der Waals surface area contributed by atoms with Crippen LogP contribution < -0.4 is 0 Å². The summed E-state index contributed by atoms with van der Waals surface area (Å²) in [6.07, 6.45) is -0.764. The Morgan fingerprint density at radius 1 is 1.15 bits per heavy atom. The van der Waals surface area contributed by atoms with Gasteiger partial charge in [0.05, 0.1) is 32.0 Å². The lowest BCUT2D eigenvalue weighted by molar-refractivity contribution is 0.0850. The van der Waals surface area contributed by atoms with E-state index in [2.05, 4.69) is 4.99 Å². The van der Waals surface area contributed by atoms with E-state index in [9.17, 15) is 10.2 Å². The Morgan fingerprint density at radius 2 is 1.75 bits per heavy atom. The smallest absolute Gasteiger partial charge is 0.383 e. The SMILES string of the molecule is CCOC(=NCCN(CC(C)O)CC(C)O)OCCO. The molecule has 0 aromatic rings. The second kappa shape index (κ2) is 11.9. The molecule has 0 amide bonds. The fraction of sp³-hybridized carbons (Fsp3) is 0.923. The third-order valence-electron chi connectivity index (χ3n) is 2.29. The Morgan fingerprint density at radius 3 is 2.20 bits per heavy atom. The zero-order chi connectivity index (χ0) is 15.4. The van der Waals surface area contributed by atoms with E-state index in [1.54, 1.807) is 13.8 Å². The number of aliphatic hydroxyl groups excluding tert-OH is 3. The van der Waals surface area contributed by atoms with Gasteiger partial charge in [-0.1, -0.05) is 0 Å². The van der Waals surface area contributed by atoms with E-state index < -0.39 is 12.2 Å². The van der Waals surface area contributed by atoms with Crippen LogP contribution in [0.3, 0.4) is 0 Å². The fourth-order valence-corrected chi connectivity index (χ4v) is 1.68. The summed E-state index contributed by atoms with van der Waals surface area (Å²) in [7, 11) is 0. The summed E-state index contributed by atoms with van der Waals surface area (Å²) in [4.78, 5) is 6.09. The van der Waals surface area contributed by atoms with Gasteiger partial charge in [-0.15, -0.1) is 0 Å². The highest BCUT2D eigenvalue weighted by Gasteiger charge is 2.11. The minimum Gasteiger partial charge on any atom is -0.451 e. The quantitative estimate of drug-likeness (QED) is 0.369. The summed E-state index contributed by atoms with van der Waals surface area (Å²) < 4.78 is 10.3. The minimum atomic E-state index is -0.463. The van der Waals surface area contributed by atoms with Crippen LogP contribution in [0.15, 0.2) is 4.99 Å². The second-order valence-corrected chi connectivity index (χ2v) is 4.61. The topological polar surface area (TPSA) is 94.8 Å². The van der Waals surface area contributed by atoms with Crippen LogP contribution in [0.4, 0.5) is 0 Å². The molecule has 0 aliphatic heterocycles. The van der Waals surface area contributed by atoms with Crippen molar-refractivity contribution in [2.24, 2.45) is 4.99 Å². The molecule has 0 heterocycles. The monoisotopic (exact) mass is 292 g/mol. The number of hydrogen-bond acceptors (Lipinski definition) is 7. The van der Waals surface area contributed by atoms with Gasteiger partial charge in [-0.2, -0.15) is 0 Å². The van der Waals surface area contributed by atoms with Crippen LogP contribution in [0.2, 0.25) is 0 Å². The first-order valence-corrected chi connectivity index (χ1v) is 6.99. The molecular formula is C13H28N2O5. The Kier molecular flexibility index (Phi) is 11.4. The van der Waals surface area contributed by atoms with Crippen LogP contribution in [-0.4, -0.2) is 84.5 Å². The van der Waals surface area contributed by atoms with Gasteiger partial charge in [-0.05, 0) is 20.8 Å². The molecule has 7 heteroatoms. The van der Waals surface area contributed by atoms with Crippen molar-refractivity contribution in [1.29, 1.82) is 0 Å². The molecule has 0 aromatic heterocycles. The van der Waals surface area contributed by atoms with Crippen molar-refractivity contribution in [3.63, 3.8) is 0 Å². The number of ether oxygens (including phenoxy) is 2. The van der Waals surface area contributed by atoms with Gasteiger partial charge < -0.3 is 24.8 Å². The molecule has 0 spiro atoms. The third-order valence-corrected chi connectivity index (χ3v) is 2.29. The number of aliphatic hydroxyl groups is 3. The predicted molar refractivity (Wildman–Crippen MR) is 76.8 cm³/mol. The van der Waals surface area contributed by atoms with Crippen molar-refractivity contribution in [2.45, 2.75) is 33.0 Å². The van der Waals surface area contributed by atoms with Crippen LogP contribution >= 0.6 is 0 Å². The van der Waals surface area contributed by atoms with Gasteiger partial charge in [-0.25, -0.2) is 4.99 Å². The van der Waals surface area contributed by atoms with Crippen molar-refractivity contribution in [2.75, 3.05) is 46.0 Å². The molecule has 0 rings (SSSR count). The predicted octanol–water partition coefficient (Wildman–Crippen LogP) is -0.549. The van der Waals surface area contributed by atoms with Crippen LogP contribution in [0.5, 0.6) is 0 Å². The summed E-state index contributed by atoms with van der Waals surface area (Å²) in [5.41, 5.74) is 0. The van der Waals surface area contributed by atoms with Gasteiger partial charge in [-0.3, -0.25) is 4.90 Å².